The molecule has 0 fully saturated rings. The molecule has 1 aliphatic rings. The Morgan fingerprint density at radius 2 is 1.72 bits per heavy atom. The van der Waals surface area contributed by atoms with Crippen LogP contribution in [-0.2, 0) is 20.8 Å². The van der Waals surface area contributed by atoms with E-state index in [0.29, 0.717) is 38.4 Å². The lowest BCUT2D eigenvalue weighted by Gasteiger charge is -2.33. The van der Waals surface area contributed by atoms with E-state index in [1.807, 2.05) is 53.1 Å². The van der Waals surface area contributed by atoms with E-state index in [1.54, 1.807) is 11.6 Å². The van der Waals surface area contributed by atoms with Crippen LogP contribution in [0.25, 0.3) is 43.6 Å². The first-order valence-corrected chi connectivity index (χ1v) is 11.6. The van der Waals surface area contributed by atoms with E-state index in [-0.39, 0.29) is 6.54 Å². The van der Waals surface area contributed by atoms with E-state index < -0.39 is 24.0 Å². The van der Waals surface area contributed by atoms with Crippen molar-refractivity contribution < 1.29 is 29.3 Å². The van der Waals surface area contributed by atoms with E-state index >= 15 is 0 Å². The molecule has 3 heterocycles. The first kappa shape index (κ1) is 22.7. The van der Waals surface area contributed by atoms with Crippen molar-refractivity contribution in [3.05, 3.63) is 59.7 Å². The molecule has 0 amide bonds. The second kappa shape index (κ2) is 7.87. The number of carbonyl (C=O) groups excluding carboxylic acids is 2. The van der Waals surface area contributed by atoms with Gasteiger partial charge < -0.3 is 28.8 Å². The fourth-order valence-corrected chi connectivity index (χ4v) is 5.99. The van der Waals surface area contributed by atoms with Gasteiger partial charge in [-0.2, -0.15) is 0 Å². The van der Waals surface area contributed by atoms with Gasteiger partial charge in [0.25, 0.3) is 0 Å². The first-order chi connectivity index (χ1) is 17.4. The normalized spacial score (nSPS) is 20.4. The lowest BCUT2D eigenvalue weighted by Crippen LogP contribution is -2.50. The van der Waals surface area contributed by atoms with Crippen molar-refractivity contribution >= 4 is 55.9 Å². The van der Waals surface area contributed by atoms with Crippen LogP contribution in [0.15, 0.2) is 48.5 Å². The molecule has 0 aliphatic carbocycles. The molecule has 3 aromatic carbocycles. The minimum atomic E-state index is -2.10. The Bertz CT molecular complexity index is 1720. The molecule has 6 rings (SSSR count). The average Bonchev–Trinajstić information content (AvgIpc) is 3.37. The maximum absolute atomic E-state index is 13.2. The van der Waals surface area contributed by atoms with Crippen molar-refractivity contribution in [1.82, 2.24) is 14.5 Å². The van der Waals surface area contributed by atoms with Crippen molar-refractivity contribution in [3.63, 3.8) is 0 Å². The fraction of sp³-hybridized carbons (Fsp3) is 0.259. The van der Waals surface area contributed by atoms with Crippen molar-refractivity contribution in [3.8, 4) is 0 Å². The lowest BCUT2D eigenvalue weighted by atomic mass is 9.95. The third kappa shape index (κ3) is 2.63. The number of methoxy groups -OCH3 is 2. The fourth-order valence-electron chi connectivity index (χ4n) is 5.99. The number of nitrogens with one attached hydrogen (secondary N) is 1. The average molecular weight is 488 g/mol. The molecule has 0 spiro atoms. The number of aliphatic hydroxyl groups is 2. The van der Waals surface area contributed by atoms with Crippen molar-refractivity contribution in [1.29, 1.82) is 0 Å². The van der Waals surface area contributed by atoms with Crippen molar-refractivity contribution in [2.24, 2.45) is 0 Å². The summed E-state index contributed by atoms with van der Waals surface area (Å²) in [6.07, 6.45) is -1.55. The molecular weight excluding hydrogens is 462 g/mol. The van der Waals surface area contributed by atoms with Crippen molar-refractivity contribution in [2.75, 3.05) is 21.3 Å². The van der Waals surface area contributed by atoms with Gasteiger partial charge in [0.2, 0.25) is 5.60 Å². The molecule has 9 nitrogen and oxygen atoms in total. The minimum Gasteiger partial charge on any atom is -0.467 e. The molecule has 5 aromatic rings. The van der Waals surface area contributed by atoms with Crippen LogP contribution >= 0.6 is 0 Å². The Kier molecular flexibility index (Phi) is 4.96. The molecule has 3 unspecified atom stereocenters. The van der Waals surface area contributed by atoms with Gasteiger partial charge in [-0.05, 0) is 19.2 Å². The number of aldehydes is 1. The molecule has 0 bridgehead atoms. The second-order valence-corrected chi connectivity index (χ2v) is 9.08. The number of esters is 1. The summed E-state index contributed by atoms with van der Waals surface area (Å²) in [6.45, 7) is -0.167. The summed E-state index contributed by atoms with van der Waals surface area (Å²) in [5.41, 5.74) is 1.37. The summed E-state index contributed by atoms with van der Waals surface area (Å²) in [4.78, 5) is 25.9. The molecule has 2 aromatic heterocycles. The highest BCUT2D eigenvalue weighted by molar-refractivity contribution is 6.28. The van der Waals surface area contributed by atoms with Crippen LogP contribution in [-0.4, -0.2) is 58.5 Å². The summed E-state index contributed by atoms with van der Waals surface area (Å²) in [5, 5.41) is 28.8. The van der Waals surface area contributed by atoms with Crippen LogP contribution < -0.4 is 5.32 Å². The monoisotopic (exact) mass is 487 g/mol. The third-order valence-electron chi connectivity index (χ3n) is 7.40. The largest absolute Gasteiger partial charge is 0.467 e. The smallest absolute Gasteiger partial charge is 0.344 e. The molecule has 1 aliphatic heterocycles. The quantitative estimate of drug-likeness (QED) is 0.198. The highest BCUT2D eigenvalue weighted by Gasteiger charge is 2.51. The summed E-state index contributed by atoms with van der Waals surface area (Å²) in [7, 11) is 4.27. The number of carbonyl (C=O) groups is 2. The topological polar surface area (TPSA) is 115 Å². The van der Waals surface area contributed by atoms with Crippen LogP contribution in [0.3, 0.4) is 0 Å². The Hall–Kier alpha value is -3.76. The second-order valence-electron chi connectivity index (χ2n) is 9.08. The number of hydrogen-bond donors (Lipinski definition) is 3. The summed E-state index contributed by atoms with van der Waals surface area (Å²) in [5.74, 6) is -0.842. The number of rotatable bonds is 5. The van der Waals surface area contributed by atoms with E-state index in [2.05, 4.69) is 5.32 Å². The van der Waals surface area contributed by atoms with Gasteiger partial charge in [-0.3, -0.25) is 10.1 Å². The summed E-state index contributed by atoms with van der Waals surface area (Å²) < 4.78 is 14.5. The van der Waals surface area contributed by atoms with E-state index in [0.717, 1.165) is 22.6 Å². The zero-order chi connectivity index (χ0) is 25.4. The summed E-state index contributed by atoms with van der Waals surface area (Å²) >= 11 is 0. The highest BCUT2D eigenvalue weighted by Crippen LogP contribution is 2.49. The molecule has 184 valence electrons. The predicted molar refractivity (Wildman–Crippen MR) is 135 cm³/mol. The number of ether oxygens (including phenoxy) is 2. The standard InChI is InChI=1S/C27H25N3O6/c1-28-24(32)21-16(12-31)19-14-8-4-6-10-17(14)29-13-27(34,26(33)36-3)25(35-2)30-18-11-7-5-9-15(18)20(21)23(30)22(19)29/h4-12,24-25,28,32,34H,13H2,1-3H3. The number of fused-ring (bicyclic) bond motifs is 6. The SMILES string of the molecule is CNC(O)c1c(C=O)c2c3ccccc3n3c2c2c1c1ccccc1n2C(OC)C(O)(C(=O)OC)C3. The molecule has 36 heavy (non-hydrogen) atoms. The maximum atomic E-state index is 13.2. The van der Waals surface area contributed by atoms with Gasteiger partial charge in [0.15, 0.2) is 12.5 Å². The number of aromatic nitrogens is 2. The van der Waals surface area contributed by atoms with E-state index in [9.17, 15) is 19.8 Å². The van der Waals surface area contributed by atoms with Crippen LogP contribution in [0.5, 0.6) is 0 Å². The number of para-hydroxylation sites is 2. The van der Waals surface area contributed by atoms with Gasteiger partial charge in [-0.1, -0.05) is 36.4 Å². The first-order valence-electron chi connectivity index (χ1n) is 11.6. The van der Waals surface area contributed by atoms with Gasteiger partial charge in [0.05, 0.1) is 30.2 Å². The molecule has 0 radical (unpaired) electrons. The molecular formula is C27H25N3O6. The molecule has 3 N–H and O–H groups in total. The van der Waals surface area contributed by atoms with Gasteiger partial charge in [0.1, 0.15) is 6.23 Å². The Morgan fingerprint density at radius 3 is 2.33 bits per heavy atom. The van der Waals surface area contributed by atoms with Gasteiger partial charge in [-0.25, -0.2) is 4.79 Å². The Morgan fingerprint density at radius 1 is 1.08 bits per heavy atom. The molecule has 0 saturated carbocycles. The minimum absolute atomic E-state index is 0.167. The van der Waals surface area contributed by atoms with Crippen LogP contribution in [0.2, 0.25) is 0 Å². The third-order valence-corrected chi connectivity index (χ3v) is 7.40. The van der Waals surface area contributed by atoms with Crippen molar-refractivity contribution in [2.45, 2.75) is 24.6 Å². The Balaban J connectivity index is 2.01. The predicted octanol–water partition coefficient (Wildman–Crippen LogP) is 2.99. The molecule has 0 saturated heterocycles. The number of nitrogens with zero attached hydrogens (tertiary/aromatic N) is 2. The lowest BCUT2D eigenvalue weighted by molar-refractivity contribution is -0.190. The number of aliphatic hydroxyl groups excluding tert-OH is 1. The van der Waals surface area contributed by atoms with Gasteiger partial charge in [0, 0.05) is 45.3 Å². The summed E-state index contributed by atoms with van der Waals surface area (Å²) in [6, 6.07) is 15.0. The molecule has 3 atom stereocenters. The van der Waals surface area contributed by atoms with Gasteiger partial charge in [-0.15, -0.1) is 0 Å². The Labute approximate surface area is 205 Å². The zero-order valence-electron chi connectivity index (χ0n) is 20.0. The zero-order valence-corrected chi connectivity index (χ0v) is 20.0. The number of hydrogen-bond acceptors (Lipinski definition) is 7. The van der Waals surface area contributed by atoms with Gasteiger partial charge >= 0.3 is 5.97 Å². The number of benzene rings is 3. The van der Waals surface area contributed by atoms with Crippen LogP contribution in [0.1, 0.15) is 28.4 Å². The van der Waals surface area contributed by atoms with E-state index in [1.165, 1.54) is 14.2 Å². The highest BCUT2D eigenvalue weighted by atomic mass is 16.6. The van der Waals surface area contributed by atoms with Crippen LogP contribution in [0, 0.1) is 0 Å². The van der Waals surface area contributed by atoms with E-state index in [4.69, 9.17) is 9.47 Å². The maximum Gasteiger partial charge on any atom is 0.344 e. The van der Waals surface area contributed by atoms with Crippen LogP contribution in [0.4, 0.5) is 0 Å². The molecule has 9 heteroatoms.